The Labute approximate surface area is 140 Å². The summed E-state index contributed by atoms with van der Waals surface area (Å²) >= 11 is 5.76. The average Bonchev–Trinajstić information content (AvgIpc) is 2.50. The molecule has 0 bridgehead atoms. The molecule has 0 spiro atoms. The Bertz CT molecular complexity index is 531. The summed E-state index contributed by atoms with van der Waals surface area (Å²) in [7, 11) is 0. The van der Waals surface area contributed by atoms with Crippen molar-refractivity contribution in [2.45, 2.75) is 38.5 Å². The molecule has 1 aromatic carbocycles. The van der Waals surface area contributed by atoms with Gasteiger partial charge < -0.3 is 15.7 Å². The van der Waals surface area contributed by atoms with Crippen molar-refractivity contribution in [2.24, 2.45) is 0 Å². The molecule has 126 valence electrons. The normalized spacial score (nSPS) is 10.1. The second-order valence-corrected chi connectivity index (χ2v) is 5.55. The molecule has 0 saturated carbocycles. The Morgan fingerprint density at radius 1 is 0.913 bits per heavy atom. The minimum absolute atomic E-state index is 0.0815. The van der Waals surface area contributed by atoms with Gasteiger partial charge in [0.25, 0.3) is 0 Å². The van der Waals surface area contributed by atoms with Crippen LogP contribution in [0.3, 0.4) is 0 Å². The van der Waals surface area contributed by atoms with Gasteiger partial charge in [-0.05, 0) is 43.5 Å². The van der Waals surface area contributed by atoms with Crippen molar-refractivity contribution in [1.29, 1.82) is 0 Å². The van der Waals surface area contributed by atoms with E-state index in [1.54, 1.807) is 24.3 Å². The van der Waals surface area contributed by atoms with Crippen LogP contribution in [0.15, 0.2) is 24.3 Å². The lowest BCUT2D eigenvalue weighted by Gasteiger charge is -2.06. The van der Waals surface area contributed by atoms with E-state index in [4.69, 9.17) is 16.7 Å². The number of nitrogens with one attached hydrogen (secondary N) is 2. The van der Waals surface area contributed by atoms with Gasteiger partial charge in [-0.1, -0.05) is 11.6 Å². The minimum atomic E-state index is -0.850. The highest BCUT2D eigenvalue weighted by Crippen LogP contribution is 2.13. The van der Waals surface area contributed by atoms with Crippen molar-refractivity contribution < 1.29 is 19.5 Å². The van der Waals surface area contributed by atoms with E-state index in [-0.39, 0.29) is 18.2 Å². The topological polar surface area (TPSA) is 95.5 Å². The lowest BCUT2D eigenvalue weighted by Crippen LogP contribution is -2.25. The highest BCUT2D eigenvalue weighted by Gasteiger charge is 2.05. The van der Waals surface area contributed by atoms with Crippen molar-refractivity contribution >= 4 is 35.1 Å². The Balaban J connectivity index is 2.07. The maximum atomic E-state index is 11.7. The van der Waals surface area contributed by atoms with Gasteiger partial charge in [-0.25, -0.2) is 0 Å². The zero-order valence-corrected chi connectivity index (χ0v) is 13.6. The van der Waals surface area contributed by atoms with E-state index < -0.39 is 5.97 Å². The van der Waals surface area contributed by atoms with Crippen molar-refractivity contribution in [3.8, 4) is 0 Å². The fraction of sp³-hybridized carbons (Fsp3) is 0.438. The van der Waals surface area contributed by atoms with Gasteiger partial charge in [0.15, 0.2) is 0 Å². The summed E-state index contributed by atoms with van der Waals surface area (Å²) in [6.07, 6.45) is 2.28. The molecule has 23 heavy (non-hydrogen) atoms. The molecule has 1 aromatic rings. The minimum Gasteiger partial charge on any atom is -0.481 e. The van der Waals surface area contributed by atoms with Crippen LogP contribution in [0.2, 0.25) is 5.02 Å². The molecule has 0 saturated heterocycles. The van der Waals surface area contributed by atoms with Gasteiger partial charge in [-0.2, -0.15) is 0 Å². The van der Waals surface area contributed by atoms with Crippen LogP contribution in [0.25, 0.3) is 0 Å². The van der Waals surface area contributed by atoms with Gasteiger partial charge in [0.1, 0.15) is 0 Å². The number of halogens is 1. The first-order valence-corrected chi connectivity index (χ1v) is 7.89. The standard InChI is InChI=1S/C16H21ClN2O4/c17-12-7-9-13(10-8-12)19-15(21)5-3-11-18-14(20)4-1-2-6-16(22)23/h7-10H,1-6,11H2,(H,18,20)(H,19,21)(H,22,23). The zero-order chi connectivity index (χ0) is 17.1. The third kappa shape index (κ3) is 9.52. The highest BCUT2D eigenvalue weighted by molar-refractivity contribution is 6.30. The van der Waals surface area contributed by atoms with Crippen LogP contribution in [0, 0.1) is 0 Å². The summed E-state index contributed by atoms with van der Waals surface area (Å²) in [5, 5.41) is 14.5. The summed E-state index contributed by atoms with van der Waals surface area (Å²) in [4.78, 5) is 33.5. The fourth-order valence-corrected chi connectivity index (χ4v) is 2.01. The van der Waals surface area contributed by atoms with E-state index >= 15 is 0 Å². The molecular weight excluding hydrogens is 320 g/mol. The van der Waals surface area contributed by atoms with Crippen LogP contribution in [-0.4, -0.2) is 29.4 Å². The summed E-state index contributed by atoms with van der Waals surface area (Å²) in [6, 6.07) is 6.84. The van der Waals surface area contributed by atoms with Gasteiger partial charge in [0, 0.05) is 36.5 Å². The molecule has 0 aliphatic heterocycles. The van der Waals surface area contributed by atoms with E-state index in [0.29, 0.717) is 49.4 Å². The monoisotopic (exact) mass is 340 g/mol. The molecule has 0 aromatic heterocycles. The van der Waals surface area contributed by atoms with Crippen molar-refractivity contribution in [3.63, 3.8) is 0 Å². The number of carboxylic acid groups (broad SMARTS) is 1. The number of carboxylic acids is 1. The van der Waals surface area contributed by atoms with Crippen LogP contribution < -0.4 is 10.6 Å². The number of hydrogen-bond donors (Lipinski definition) is 3. The zero-order valence-electron chi connectivity index (χ0n) is 12.8. The number of hydrogen-bond acceptors (Lipinski definition) is 3. The maximum absolute atomic E-state index is 11.7. The second kappa shape index (κ2) is 10.6. The molecular formula is C16H21ClN2O4. The number of amides is 2. The van der Waals surface area contributed by atoms with Crippen LogP contribution in [0.4, 0.5) is 5.69 Å². The Morgan fingerprint density at radius 2 is 1.52 bits per heavy atom. The number of unbranched alkanes of at least 4 members (excludes halogenated alkanes) is 1. The number of aliphatic carboxylic acids is 1. The van der Waals surface area contributed by atoms with Gasteiger partial charge in [-0.3, -0.25) is 14.4 Å². The molecule has 0 unspecified atom stereocenters. The van der Waals surface area contributed by atoms with E-state index in [9.17, 15) is 14.4 Å². The predicted octanol–water partition coefficient (Wildman–Crippen LogP) is 2.82. The van der Waals surface area contributed by atoms with E-state index in [1.165, 1.54) is 0 Å². The predicted molar refractivity (Wildman–Crippen MR) is 88.4 cm³/mol. The van der Waals surface area contributed by atoms with Crippen molar-refractivity contribution in [1.82, 2.24) is 5.32 Å². The van der Waals surface area contributed by atoms with Gasteiger partial charge in [0.05, 0.1) is 0 Å². The summed E-state index contributed by atoms with van der Waals surface area (Å²) in [5.74, 6) is -1.09. The first-order chi connectivity index (χ1) is 11.0. The number of carbonyl (C=O) groups is 3. The van der Waals surface area contributed by atoms with Gasteiger partial charge >= 0.3 is 5.97 Å². The molecule has 0 aliphatic rings. The van der Waals surface area contributed by atoms with Crippen LogP contribution in [0.5, 0.6) is 0 Å². The Kier molecular flexibility index (Phi) is 8.75. The fourth-order valence-electron chi connectivity index (χ4n) is 1.88. The first-order valence-electron chi connectivity index (χ1n) is 7.51. The maximum Gasteiger partial charge on any atom is 0.303 e. The molecule has 0 aliphatic carbocycles. The second-order valence-electron chi connectivity index (χ2n) is 5.11. The summed E-state index contributed by atoms with van der Waals surface area (Å²) in [5.41, 5.74) is 0.682. The van der Waals surface area contributed by atoms with E-state index in [0.717, 1.165) is 0 Å². The lowest BCUT2D eigenvalue weighted by atomic mass is 10.2. The van der Waals surface area contributed by atoms with Crippen molar-refractivity contribution in [2.75, 3.05) is 11.9 Å². The molecule has 6 nitrogen and oxygen atoms in total. The molecule has 2 amide bonds. The third-order valence-corrected chi connectivity index (χ3v) is 3.33. The number of benzene rings is 1. The van der Waals surface area contributed by atoms with E-state index in [1.807, 2.05) is 0 Å². The number of rotatable bonds is 10. The quantitative estimate of drug-likeness (QED) is 0.571. The van der Waals surface area contributed by atoms with Crippen LogP contribution in [-0.2, 0) is 14.4 Å². The highest BCUT2D eigenvalue weighted by atomic mass is 35.5. The molecule has 0 atom stereocenters. The molecule has 1 rings (SSSR count). The summed E-state index contributed by atoms with van der Waals surface area (Å²) in [6.45, 7) is 0.422. The Morgan fingerprint density at radius 3 is 2.17 bits per heavy atom. The van der Waals surface area contributed by atoms with Crippen LogP contribution in [0.1, 0.15) is 38.5 Å². The summed E-state index contributed by atoms with van der Waals surface area (Å²) < 4.78 is 0. The Hall–Kier alpha value is -2.08. The van der Waals surface area contributed by atoms with Gasteiger partial charge in [-0.15, -0.1) is 0 Å². The average molecular weight is 341 g/mol. The molecule has 7 heteroatoms. The van der Waals surface area contributed by atoms with E-state index in [2.05, 4.69) is 10.6 Å². The largest absolute Gasteiger partial charge is 0.481 e. The number of anilines is 1. The first kappa shape index (κ1) is 19.0. The SMILES string of the molecule is O=C(O)CCCCC(=O)NCCCC(=O)Nc1ccc(Cl)cc1. The molecule has 0 heterocycles. The molecule has 0 fully saturated rings. The molecule has 0 radical (unpaired) electrons. The molecule has 3 N–H and O–H groups in total. The smallest absolute Gasteiger partial charge is 0.303 e. The lowest BCUT2D eigenvalue weighted by molar-refractivity contribution is -0.137. The van der Waals surface area contributed by atoms with Crippen molar-refractivity contribution in [3.05, 3.63) is 29.3 Å². The third-order valence-electron chi connectivity index (χ3n) is 3.08. The number of carbonyl (C=O) groups excluding carboxylic acids is 2. The van der Waals surface area contributed by atoms with Crippen LogP contribution >= 0.6 is 11.6 Å². The van der Waals surface area contributed by atoms with Gasteiger partial charge in [0.2, 0.25) is 11.8 Å².